The number of carbonyl (C=O) groups is 1. The van der Waals surface area contributed by atoms with Gasteiger partial charge in [-0.1, -0.05) is 35.5 Å². The molecule has 0 amide bonds. The molecule has 0 aliphatic heterocycles. The van der Waals surface area contributed by atoms with Crippen LogP contribution in [0.1, 0.15) is 16.1 Å². The van der Waals surface area contributed by atoms with Crippen molar-refractivity contribution < 1.29 is 19.2 Å². The number of ketones is 1. The summed E-state index contributed by atoms with van der Waals surface area (Å²) in [6, 6.07) is 9.81. The van der Waals surface area contributed by atoms with E-state index >= 15 is 0 Å². The van der Waals surface area contributed by atoms with Crippen molar-refractivity contribution in [2.75, 3.05) is 0 Å². The predicted molar refractivity (Wildman–Crippen MR) is 77.2 cm³/mol. The van der Waals surface area contributed by atoms with Gasteiger partial charge in [0.15, 0.2) is 0 Å². The van der Waals surface area contributed by atoms with Crippen LogP contribution in [0.3, 0.4) is 0 Å². The number of nitro groups is 2. The minimum Gasteiger partial charge on any atom is -0.351 e. The summed E-state index contributed by atoms with van der Waals surface area (Å²) in [7, 11) is 0. The fourth-order valence-corrected chi connectivity index (χ4v) is 2.17. The number of benzene rings is 2. The highest BCUT2D eigenvalue weighted by atomic mass is 16.6. The Hall–Kier alpha value is -3.62. The normalized spacial score (nSPS) is 10.6. The monoisotopic (exact) mass is 313 g/mol. The largest absolute Gasteiger partial charge is 0.351 e. The van der Waals surface area contributed by atoms with Crippen LogP contribution < -0.4 is 0 Å². The number of hydrogen-bond acceptors (Lipinski definition) is 7. The number of fused-ring (bicyclic) bond motifs is 1. The zero-order valence-electron chi connectivity index (χ0n) is 11.3. The van der Waals surface area contributed by atoms with Crippen LogP contribution in [0.4, 0.5) is 11.4 Å². The Balaban J connectivity index is 2.26. The van der Waals surface area contributed by atoms with E-state index in [4.69, 9.17) is 4.52 Å². The molecule has 9 heteroatoms. The Kier molecular flexibility index (Phi) is 3.30. The molecule has 0 aliphatic rings. The Morgan fingerprint density at radius 3 is 2.35 bits per heavy atom. The molecule has 0 atom stereocenters. The number of nitro benzene ring substituents is 2. The third kappa shape index (κ3) is 2.39. The first-order valence-corrected chi connectivity index (χ1v) is 6.31. The molecule has 3 aromatic rings. The minimum absolute atomic E-state index is 0.120. The first-order valence-electron chi connectivity index (χ1n) is 6.31. The van der Waals surface area contributed by atoms with Gasteiger partial charge in [0, 0.05) is 11.6 Å². The SMILES string of the molecule is O=C(c1ccccc1)c1onc2cc([N+](=O)[O-])cc([N+](=O)[O-])c12. The van der Waals surface area contributed by atoms with Crippen LogP contribution in [0.2, 0.25) is 0 Å². The molecule has 2 aromatic carbocycles. The molecule has 0 radical (unpaired) electrons. The number of hydrogen-bond donors (Lipinski definition) is 0. The van der Waals surface area contributed by atoms with E-state index in [0.717, 1.165) is 12.1 Å². The molecule has 23 heavy (non-hydrogen) atoms. The van der Waals surface area contributed by atoms with Gasteiger partial charge in [0.1, 0.15) is 10.9 Å². The molecule has 9 nitrogen and oxygen atoms in total. The molecule has 114 valence electrons. The van der Waals surface area contributed by atoms with Crippen molar-refractivity contribution in [1.82, 2.24) is 5.16 Å². The summed E-state index contributed by atoms with van der Waals surface area (Å²) in [5, 5.41) is 25.4. The van der Waals surface area contributed by atoms with Crippen molar-refractivity contribution in [3.05, 3.63) is 74.0 Å². The Morgan fingerprint density at radius 1 is 1.04 bits per heavy atom. The minimum atomic E-state index is -0.811. The van der Waals surface area contributed by atoms with Crippen molar-refractivity contribution in [2.24, 2.45) is 0 Å². The van der Waals surface area contributed by atoms with Gasteiger partial charge in [-0.2, -0.15) is 0 Å². The van der Waals surface area contributed by atoms with Crippen LogP contribution in [-0.4, -0.2) is 20.8 Å². The molecule has 1 aromatic heterocycles. The van der Waals surface area contributed by atoms with Crippen LogP contribution in [0, 0.1) is 20.2 Å². The lowest BCUT2D eigenvalue weighted by molar-refractivity contribution is -0.393. The van der Waals surface area contributed by atoms with E-state index in [1.807, 2.05) is 0 Å². The summed E-state index contributed by atoms with van der Waals surface area (Å²) in [6.07, 6.45) is 0. The van der Waals surface area contributed by atoms with Gasteiger partial charge in [-0.15, -0.1) is 0 Å². The molecule has 0 saturated carbocycles. The molecule has 3 rings (SSSR count). The van der Waals surface area contributed by atoms with E-state index in [1.54, 1.807) is 18.2 Å². The summed E-state index contributed by atoms with van der Waals surface area (Å²) in [6.45, 7) is 0. The maximum Gasteiger partial charge on any atom is 0.289 e. The highest BCUT2D eigenvalue weighted by Crippen LogP contribution is 2.34. The molecule has 1 heterocycles. The smallest absolute Gasteiger partial charge is 0.289 e. The molecular formula is C14H7N3O6. The van der Waals surface area contributed by atoms with Gasteiger partial charge >= 0.3 is 0 Å². The molecule has 0 saturated heterocycles. The van der Waals surface area contributed by atoms with Crippen LogP contribution >= 0.6 is 0 Å². The third-order valence-electron chi connectivity index (χ3n) is 3.19. The van der Waals surface area contributed by atoms with Gasteiger partial charge in [0.05, 0.1) is 15.9 Å². The summed E-state index contributed by atoms with van der Waals surface area (Å²) in [5.74, 6) is -0.919. The molecule has 0 N–H and O–H groups in total. The Labute approximate surface area is 127 Å². The molecular weight excluding hydrogens is 306 g/mol. The predicted octanol–water partition coefficient (Wildman–Crippen LogP) is 2.88. The first kappa shape index (κ1) is 14.3. The second-order valence-electron chi connectivity index (χ2n) is 4.58. The lowest BCUT2D eigenvalue weighted by Crippen LogP contribution is -2.01. The van der Waals surface area contributed by atoms with E-state index in [-0.39, 0.29) is 22.2 Å². The fourth-order valence-electron chi connectivity index (χ4n) is 2.17. The summed E-state index contributed by atoms with van der Waals surface area (Å²) in [5.41, 5.74) is -0.964. The molecule has 0 spiro atoms. The molecule has 0 fully saturated rings. The number of rotatable bonds is 4. The van der Waals surface area contributed by atoms with Gasteiger partial charge in [-0.3, -0.25) is 25.0 Å². The van der Waals surface area contributed by atoms with Gasteiger partial charge in [0.2, 0.25) is 11.5 Å². The van der Waals surface area contributed by atoms with E-state index in [0.29, 0.717) is 0 Å². The fraction of sp³-hybridized carbons (Fsp3) is 0. The average molecular weight is 313 g/mol. The van der Waals surface area contributed by atoms with Crippen molar-refractivity contribution >= 4 is 28.1 Å². The van der Waals surface area contributed by atoms with Crippen LogP contribution in [0.15, 0.2) is 47.0 Å². The lowest BCUT2D eigenvalue weighted by Gasteiger charge is -1.98. The van der Waals surface area contributed by atoms with E-state index in [9.17, 15) is 25.0 Å². The first-order chi connectivity index (χ1) is 11.0. The van der Waals surface area contributed by atoms with Crippen molar-refractivity contribution in [3.63, 3.8) is 0 Å². The summed E-state index contributed by atoms with van der Waals surface area (Å²) < 4.78 is 4.93. The number of carbonyl (C=O) groups excluding carboxylic acids is 1. The van der Waals surface area contributed by atoms with Crippen molar-refractivity contribution in [2.45, 2.75) is 0 Å². The van der Waals surface area contributed by atoms with Crippen molar-refractivity contribution in [3.8, 4) is 0 Å². The number of aromatic nitrogens is 1. The Bertz CT molecular complexity index is 948. The maximum atomic E-state index is 12.4. The van der Waals surface area contributed by atoms with Crippen LogP contribution in [0.25, 0.3) is 10.9 Å². The van der Waals surface area contributed by atoms with Gasteiger partial charge in [0.25, 0.3) is 11.4 Å². The van der Waals surface area contributed by atoms with Gasteiger partial charge < -0.3 is 4.52 Å². The second kappa shape index (κ2) is 5.30. The Morgan fingerprint density at radius 2 is 1.74 bits per heavy atom. The molecule has 0 bridgehead atoms. The standard InChI is InChI=1S/C14H7N3O6/c18-13(8-4-2-1-3-5-8)14-12-10(15-23-14)6-9(16(19)20)7-11(12)17(21)22/h1-7H. The van der Waals surface area contributed by atoms with Crippen LogP contribution in [-0.2, 0) is 0 Å². The molecule has 0 unspecified atom stereocenters. The third-order valence-corrected chi connectivity index (χ3v) is 3.19. The van der Waals surface area contributed by atoms with E-state index < -0.39 is 27.0 Å². The highest BCUT2D eigenvalue weighted by Gasteiger charge is 2.29. The zero-order chi connectivity index (χ0) is 16.6. The van der Waals surface area contributed by atoms with Crippen LogP contribution in [0.5, 0.6) is 0 Å². The topological polar surface area (TPSA) is 129 Å². The summed E-state index contributed by atoms with van der Waals surface area (Å²) >= 11 is 0. The van der Waals surface area contributed by atoms with E-state index in [2.05, 4.69) is 5.16 Å². The lowest BCUT2D eigenvalue weighted by atomic mass is 10.0. The van der Waals surface area contributed by atoms with Gasteiger partial charge in [-0.25, -0.2) is 0 Å². The average Bonchev–Trinajstić information content (AvgIpc) is 2.97. The summed E-state index contributed by atoms with van der Waals surface area (Å²) in [4.78, 5) is 32.9. The number of non-ortho nitro benzene ring substituents is 2. The second-order valence-corrected chi connectivity index (χ2v) is 4.58. The zero-order valence-corrected chi connectivity index (χ0v) is 11.3. The quantitative estimate of drug-likeness (QED) is 0.411. The number of nitrogens with zero attached hydrogens (tertiary/aromatic N) is 3. The maximum absolute atomic E-state index is 12.4. The highest BCUT2D eigenvalue weighted by molar-refractivity contribution is 6.16. The van der Waals surface area contributed by atoms with Crippen molar-refractivity contribution in [1.29, 1.82) is 0 Å². The van der Waals surface area contributed by atoms with Gasteiger partial charge in [-0.05, 0) is 0 Å². The van der Waals surface area contributed by atoms with E-state index in [1.165, 1.54) is 12.1 Å². The molecule has 0 aliphatic carbocycles.